The molecule has 1 fully saturated rings. The molecule has 0 radical (unpaired) electrons. The summed E-state index contributed by atoms with van der Waals surface area (Å²) in [4.78, 5) is 29.3. The third-order valence-corrected chi connectivity index (χ3v) is 5.26. The average Bonchev–Trinajstić information content (AvgIpc) is 3.43. The normalized spacial score (nSPS) is 17.2. The summed E-state index contributed by atoms with van der Waals surface area (Å²) in [6.07, 6.45) is 2.03. The summed E-state index contributed by atoms with van der Waals surface area (Å²) < 4.78 is 35.0. The Morgan fingerprint density at radius 3 is 2.69 bits per heavy atom. The molecule has 1 aliphatic heterocycles. The quantitative estimate of drug-likeness (QED) is 0.779. The molecule has 4 rings (SSSR count). The van der Waals surface area contributed by atoms with Gasteiger partial charge in [-0.3, -0.25) is 9.59 Å². The maximum Gasteiger partial charge on any atom is 0.387 e. The van der Waals surface area contributed by atoms with Crippen LogP contribution in [0.3, 0.4) is 0 Å². The number of carbonyl (C=O) groups is 2. The summed E-state index contributed by atoms with van der Waals surface area (Å²) in [6, 6.07) is 4.64. The SMILES string of the molecule is Cc1noc(C)c1C(=O)N1CCC(=O)N(C2CC2)Cc2cc(OC(F)F)ccc21. The van der Waals surface area contributed by atoms with E-state index in [1.807, 2.05) is 0 Å². The molecular weight excluding hydrogens is 384 g/mol. The number of hydrogen-bond acceptors (Lipinski definition) is 5. The van der Waals surface area contributed by atoms with Gasteiger partial charge < -0.3 is 19.1 Å². The molecule has 1 aliphatic carbocycles. The maximum absolute atomic E-state index is 13.3. The van der Waals surface area contributed by atoms with Crippen molar-refractivity contribution in [3.8, 4) is 5.75 Å². The molecule has 154 valence electrons. The number of nitrogens with zero attached hydrogens (tertiary/aromatic N) is 3. The number of fused-ring (bicyclic) bond motifs is 1. The van der Waals surface area contributed by atoms with Crippen LogP contribution in [0, 0.1) is 13.8 Å². The number of aromatic nitrogens is 1. The van der Waals surface area contributed by atoms with Crippen LogP contribution in [0.15, 0.2) is 22.7 Å². The van der Waals surface area contributed by atoms with Crippen LogP contribution in [0.2, 0.25) is 0 Å². The van der Waals surface area contributed by atoms with Gasteiger partial charge in [0.1, 0.15) is 17.1 Å². The number of amides is 2. The van der Waals surface area contributed by atoms with E-state index in [2.05, 4.69) is 9.89 Å². The number of ether oxygens (including phenoxy) is 1. The summed E-state index contributed by atoms with van der Waals surface area (Å²) in [5.41, 5.74) is 1.95. The number of benzene rings is 1. The Bertz CT molecular complexity index is 936. The highest BCUT2D eigenvalue weighted by Gasteiger charge is 2.36. The second kappa shape index (κ2) is 7.46. The number of rotatable bonds is 4. The molecule has 29 heavy (non-hydrogen) atoms. The molecule has 9 heteroatoms. The largest absolute Gasteiger partial charge is 0.435 e. The summed E-state index contributed by atoms with van der Waals surface area (Å²) >= 11 is 0. The van der Waals surface area contributed by atoms with Gasteiger partial charge in [-0.25, -0.2) is 0 Å². The van der Waals surface area contributed by atoms with E-state index in [9.17, 15) is 18.4 Å². The number of hydrogen-bond donors (Lipinski definition) is 0. The zero-order valence-corrected chi connectivity index (χ0v) is 16.2. The lowest BCUT2D eigenvalue weighted by Gasteiger charge is -2.32. The van der Waals surface area contributed by atoms with Gasteiger partial charge in [0.2, 0.25) is 5.91 Å². The molecule has 0 spiro atoms. The molecule has 0 unspecified atom stereocenters. The predicted molar refractivity (Wildman–Crippen MR) is 98.9 cm³/mol. The van der Waals surface area contributed by atoms with Crippen LogP contribution in [-0.2, 0) is 11.3 Å². The van der Waals surface area contributed by atoms with Crippen molar-refractivity contribution < 1.29 is 27.6 Å². The van der Waals surface area contributed by atoms with Crippen LogP contribution in [0.25, 0.3) is 0 Å². The van der Waals surface area contributed by atoms with Gasteiger partial charge in [0.05, 0.1) is 5.69 Å². The van der Waals surface area contributed by atoms with E-state index in [0.717, 1.165) is 12.8 Å². The fourth-order valence-corrected chi connectivity index (χ4v) is 3.72. The highest BCUT2D eigenvalue weighted by Crippen LogP contribution is 2.35. The Balaban J connectivity index is 1.76. The standard InChI is InChI=1S/C20H21F2N3O4/c1-11-18(12(2)29-23-11)19(27)24-8-7-17(26)25(14-3-4-14)10-13-9-15(28-20(21)22)5-6-16(13)24/h5-6,9,14,20H,3-4,7-8,10H2,1-2H3. The fraction of sp³-hybridized carbons (Fsp3) is 0.450. The molecule has 1 aromatic heterocycles. The highest BCUT2D eigenvalue weighted by molar-refractivity contribution is 6.08. The second-order valence-corrected chi connectivity index (χ2v) is 7.33. The van der Waals surface area contributed by atoms with Crippen LogP contribution < -0.4 is 9.64 Å². The summed E-state index contributed by atoms with van der Waals surface area (Å²) in [7, 11) is 0. The average molecular weight is 405 g/mol. The molecule has 2 aromatic rings. The van der Waals surface area contributed by atoms with Crippen LogP contribution in [0.4, 0.5) is 14.5 Å². The Morgan fingerprint density at radius 2 is 2.07 bits per heavy atom. The van der Waals surface area contributed by atoms with E-state index >= 15 is 0 Å². The van der Waals surface area contributed by atoms with E-state index in [4.69, 9.17) is 4.52 Å². The Hall–Kier alpha value is -2.97. The Morgan fingerprint density at radius 1 is 1.31 bits per heavy atom. The Labute approximate surface area is 166 Å². The first-order valence-electron chi connectivity index (χ1n) is 9.47. The van der Waals surface area contributed by atoms with Crippen molar-refractivity contribution in [1.82, 2.24) is 10.1 Å². The first-order chi connectivity index (χ1) is 13.8. The van der Waals surface area contributed by atoms with E-state index in [1.165, 1.54) is 17.0 Å². The van der Waals surface area contributed by atoms with Gasteiger partial charge in [-0.1, -0.05) is 5.16 Å². The third kappa shape index (κ3) is 3.81. The van der Waals surface area contributed by atoms with E-state index in [1.54, 1.807) is 24.8 Å². The van der Waals surface area contributed by atoms with Crippen LogP contribution in [0.5, 0.6) is 5.75 Å². The van der Waals surface area contributed by atoms with Gasteiger partial charge in [-0.15, -0.1) is 0 Å². The number of aryl methyl sites for hydroxylation is 2. The lowest BCUT2D eigenvalue weighted by Crippen LogP contribution is -2.41. The summed E-state index contributed by atoms with van der Waals surface area (Å²) in [6.45, 7) is 0.784. The Kier molecular flexibility index (Phi) is 4.97. The van der Waals surface area contributed by atoms with Crippen molar-refractivity contribution in [3.05, 3.63) is 40.8 Å². The zero-order chi connectivity index (χ0) is 20.7. The van der Waals surface area contributed by atoms with Crippen molar-refractivity contribution in [2.24, 2.45) is 0 Å². The highest BCUT2D eigenvalue weighted by atomic mass is 19.3. The molecule has 2 heterocycles. The minimum absolute atomic E-state index is 0.00717. The molecule has 1 aromatic carbocycles. The van der Waals surface area contributed by atoms with Gasteiger partial charge >= 0.3 is 6.61 Å². The lowest BCUT2D eigenvalue weighted by atomic mass is 10.1. The first-order valence-corrected chi connectivity index (χ1v) is 9.47. The van der Waals surface area contributed by atoms with Gasteiger partial charge in [0.25, 0.3) is 5.91 Å². The number of halogens is 2. The number of alkyl halides is 2. The lowest BCUT2D eigenvalue weighted by molar-refractivity contribution is -0.132. The van der Waals surface area contributed by atoms with Gasteiger partial charge in [0, 0.05) is 31.2 Å². The molecule has 0 bridgehead atoms. The second-order valence-electron chi connectivity index (χ2n) is 7.33. The topological polar surface area (TPSA) is 75.9 Å². The van der Waals surface area contributed by atoms with Crippen molar-refractivity contribution in [2.45, 2.75) is 52.3 Å². The van der Waals surface area contributed by atoms with E-state index in [-0.39, 0.29) is 43.1 Å². The minimum Gasteiger partial charge on any atom is -0.435 e. The maximum atomic E-state index is 13.3. The monoisotopic (exact) mass is 405 g/mol. The first kappa shape index (κ1) is 19.4. The molecule has 1 saturated carbocycles. The molecule has 7 nitrogen and oxygen atoms in total. The smallest absolute Gasteiger partial charge is 0.387 e. The third-order valence-electron chi connectivity index (χ3n) is 5.26. The van der Waals surface area contributed by atoms with Gasteiger partial charge in [0.15, 0.2) is 0 Å². The molecule has 0 atom stereocenters. The summed E-state index contributed by atoms with van der Waals surface area (Å²) in [5, 5.41) is 3.83. The minimum atomic E-state index is -2.96. The molecule has 2 aliphatic rings. The van der Waals surface area contributed by atoms with E-state index < -0.39 is 6.61 Å². The van der Waals surface area contributed by atoms with Crippen molar-refractivity contribution in [2.75, 3.05) is 11.4 Å². The molecule has 2 amide bonds. The van der Waals surface area contributed by atoms with E-state index in [0.29, 0.717) is 28.3 Å². The van der Waals surface area contributed by atoms with Gasteiger partial charge in [-0.2, -0.15) is 8.78 Å². The van der Waals surface area contributed by atoms with Crippen LogP contribution in [-0.4, -0.2) is 41.1 Å². The number of anilines is 1. The zero-order valence-electron chi connectivity index (χ0n) is 16.2. The fourth-order valence-electron chi connectivity index (χ4n) is 3.72. The predicted octanol–water partition coefficient (Wildman–Crippen LogP) is 3.43. The molecule has 0 N–H and O–H groups in total. The van der Waals surface area contributed by atoms with Crippen molar-refractivity contribution >= 4 is 17.5 Å². The van der Waals surface area contributed by atoms with Crippen LogP contribution in [0.1, 0.15) is 46.6 Å². The molecule has 0 saturated heterocycles. The summed E-state index contributed by atoms with van der Waals surface area (Å²) in [5.74, 6) is -0.0143. The van der Waals surface area contributed by atoms with Gasteiger partial charge in [-0.05, 0) is 50.5 Å². The van der Waals surface area contributed by atoms with Crippen LogP contribution >= 0.6 is 0 Å². The molecular formula is C20H21F2N3O4. The number of carbonyl (C=O) groups excluding carboxylic acids is 2. The van der Waals surface area contributed by atoms with Crippen molar-refractivity contribution in [1.29, 1.82) is 0 Å². The van der Waals surface area contributed by atoms with Crippen molar-refractivity contribution in [3.63, 3.8) is 0 Å².